The predicted molar refractivity (Wildman–Crippen MR) is 88.4 cm³/mol. The van der Waals surface area contributed by atoms with Crippen molar-refractivity contribution in [2.45, 2.75) is 57.1 Å². The normalized spacial score (nSPS) is 21.7. The fraction of sp³-hybridized carbons (Fsp3) is 0.733. The average molecular weight is 342 g/mol. The Bertz CT molecular complexity index is 646. The molecule has 5 nitrogen and oxygen atoms in total. The Morgan fingerprint density at radius 1 is 1.55 bits per heavy atom. The van der Waals surface area contributed by atoms with Gasteiger partial charge in [0.2, 0.25) is 10.0 Å². The molecule has 1 saturated heterocycles. The summed E-state index contributed by atoms with van der Waals surface area (Å²) in [7, 11) is -3.53. The van der Waals surface area contributed by atoms with Crippen LogP contribution >= 0.6 is 11.3 Å². The van der Waals surface area contributed by atoms with Crippen molar-refractivity contribution in [3.63, 3.8) is 0 Å². The third kappa shape index (κ3) is 3.50. The van der Waals surface area contributed by atoms with Crippen molar-refractivity contribution < 1.29 is 8.42 Å². The number of thiazole rings is 1. The van der Waals surface area contributed by atoms with Crippen LogP contribution in [0.5, 0.6) is 0 Å². The zero-order chi connectivity index (χ0) is 16.3. The van der Waals surface area contributed by atoms with Crippen LogP contribution in [0.15, 0.2) is 5.38 Å². The van der Waals surface area contributed by atoms with Crippen LogP contribution in [-0.2, 0) is 10.0 Å². The molecular weight excluding hydrogens is 318 g/mol. The highest BCUT2D eigenvalue weighted by Crippen LogP contribution is 2.32. The largest absolute Gasteiger partial charge is 0.246 e. The summed E-state index contributed by atoms with van der Waals surface area (Å²) < 4.78 is 26.5. The lowest BCUT2D eigenvalue weighted by molar-refractivity contribution is 0.313. The molecule has 7 heteroatoms. The number of rotatable bonds is 5. The van der Waals surface area contributed by atoms with Gasteiger partial charge in [-0.25, -0.2) is 17.7 Å². The maximum Gasteiger partial charge on any atom is 0.230 e. The molecule has 1 fully saturated rings. The van der Waals surface area contributed by atoms with E-state index in [1.165, 1.54) is 4.31 Å². The van der Waals surface area contributed by atoms with Crippen molar-refractivity contribution in [1.29, 1.82) is 5.26 Å². The Hall–Kier alpha value is -0.970. The van der Waals surface area contributed by atoms with E-state index >= 15 is 0 Å². The lowest BCUT2D eigenvalue weighted by Crippen LogP contribution is -2.43. The van der Waals surface area contributed by atoms with Crippen molar-refractivity contribution in [2.24, 2.45) is 0 Å². The first kappa shape index (κ1) is 17.4. The minimum absolute atomic E-state index is 0.150. The van der Waals surface area contributed by atoms with Gasteiger partial charge in [-0.3, -0.25) is 0 Å². The van der Waals surface area contributed by atoms with Gasteiger partial charge in [0, 0.05) is 24.4 Å². The molecule has 1 aromatic heterocycles. The Balaban J connectivity index is 2.16. The molecule has 122 valence electrons. The van der Waals surface area contributed by atoms with Gasteiger partial charge >= 0.3 is 0 Å². The summed E-state index contributed by atoms with van der Waals surface area (Å²) in [6, 6.07) is 1.92. The van der Waals surface area contributed by atoms with Crippen LogP contribution in [-0.4, -0.2) is 36.0 Å². The van der Waals surface area contributed by atoms with Gasteiger partial charge in [-0.2, -0.15) is 5.26 Å². The summed E-state index contributed by atoms with van der Waals surface area (Å²) in [6.07, 6.45) is 2.11. The summed E-state index contributed by atoms with van der Waals surface area (Å²) in [6.45, 7) is 6.91. The molecule has 0 aromatic carbocycles. The maximum absolute atomic E-state index is 12.5. The Kier molecular flexibility index (Phi) is 5.59. The standard InChI is InChI=1S/C15H23N3O2S2/c1-4-13(8-16)22(19,20)18-7-5-6-12(9-18)15-17-14(10-21-15)11(2)3/h10-13H,4-7,9H2,1-3H3/t12-,13-/m1/s1. The van der Waals surface area contributed by atoms with Crippen molar-refractivity contribution in [1.82, 2.24) is 9.29 Å². The van der Waals surface area contributed by atoms with E-state index in [-0.39, 0.29) is 5.92 Å². The molecule has 0 unspecified atom stereocenters. The monoisotopic (exact) mass is 341 g/mol. The number of hydrogen-bond donors (Lipinski definition) is 0. The zero-order valence-electron chi connectivity index (χ0n) is 13.3. The van der Waals surface area contributed by atoms with Crippen LogP contribution in [0.1, 0.15) is 62.6 Å². The highest BCUT2D eigenvalue weighted by molar-refractivity contribution is 7.90. The molecule has 0 aliphatic carbocycles. The molecule has 2 heterocycles. The fourth-order valence-electron chi connectivity index (χ4n) is 2.68. The van der Waals surface area contributed by atoms with Crippen LogP contribution in [0.3, 0.4) is 0 Å². The van der Waals surface area contributed by atoms with Crippen LogP contribution in [0.2, 0.25) is 0 Å². The summed E-state index contributed by atoms with van der Waals surface area (Å²) in [4.78, 5) is 4.67. The topological polar surface area (TPSA) is 74.1 Å². The van der Waals surface area contributed by atoms with Crippen molar-refractivity contribution in [3.8, 4) is 6.07 Å². The number of aromatic nitrogens is 1. The number of nitrogens with zero attached hydrogens (tertiary/aromatic N) is 3. The van der Waals surface area contributed by atoms with Crippen LogP contribution < -0.4 is 0 Å². The number of sulfonamides is 1. The summed E-state index contributed by atoms with van der Waals surface area (Å²) in [5.74, 6) is 0.536. The Labute approximate surface area is 137 Å². The van der Waals surface area contributed by atoms with Gasteiger partial charge in [0.25, 0.3) is 0 Å². The smallest absolute Gasteiger partial charge is 0.230 e. The summed E-state index contributed by atoms with van der Waals surface area (Å²) in [5, 5.41) is 11.2. The second kappa shape index (κ2) is 7.07. The number of hydrogen-bond acceptors (Lipinski definition) is 5. The minimum atomic E-state index is -3.53. The molecule has 1 aliphatic heterocycles. The second-order valence-corrected chi connectivity index (χ2v) is 9.04. The van der Waals surface area contributed by atoms with Gasteiger partial charge in [0.05, 0.1) is 16.8 Å². The fourth-order valence-corrected chi connectivity index (χ4v) is 5.47. The van der Waals surface area contributed by atoms with Gasteiger partial charge in [0.1, 0.15) is 0 Å². The molecule has 0 amide bonds. The van der Waals surface area contributed by atoms with Gasteiger partial charge in [0.15, 0.2) is 5.25 Å². The first-order chi connectivity index (χ1) is 10.4. The van der Waals surface area contributed by atoms with Gasteiger partial charge in [-0.05, 0) is 25.2 Å². The van der Waals surface area contributed by atoms with Crippen LogP contribution in [0, 0.1) is 11.3 Å². The molecule has 0 radical (unpaired) electrons. The minimum Gasteiger partial charge on any atom is -0.246 e. The molecule has 2 rings (SSSR count). The molecule has 1 aliphatic rings. The van der Waals surface area contributed by atoms with Gasteiger partial charge < -0.3 is 0 Å². The Morgan fingerprint density at radius 2 is 2.27 bits per heavy atom. The molecule has 0 saturated carbocycles. The van der Waals surface area contributed by atoms with E-state index < -0.39 is 15.3 Å². The first-order valence-electron chi connectivity index (χ1n) is 7.74. The van der Waals surface area contributed by atoms with Gasteiger partial charge in [-0.15, -0.1) is 11.3 Å². The van der Waals surface area contributed by atoms with E-state index in [0.29, 0.717) is 25.4 Å². The summed E-state index contributed by atoms with van der Waals surface area (Å²) >= 11 is 1.62. The van der Waals surface area contributed by atoms with Gasteiger partial charge in [-0.1, -0.05) is 20.8 Å². The lowest BCUT2D eigenvalue weighted by Gasteiger charge is -2.32. The van der Waals surface area contributed by atoms with E-state index in [0.717, 1.165) is 23.5 Å². The van der Waals surface area contributed by atoms with E-state index in [1.807, 2.05) is 6.07 Å². The molecular formula is C15H23N3O2S2. The highest BCUT2D eigenvalue weighted by atomic mass is 32.2. The van der Waals surface area contributed by atoms with Crippen LogP contribution in [0.25, 0.3) is 0 Å². The van der Waals surface area contributed by atoms with Crippen LogP contribution in [0.4, 0.5) is 0 Å². The predicted octanol–water partition coefficient (Wildman–Crippen LogP) is 3.08. The molecule has 0 spiro atoms. The number of nitriles is 1. The quantitative estimate of drug-likeness (QED) is 0.825. The van der Waals surface area contributed by atoms with Crippen molar-refractivity contribution >= 4 is 21.4 Å². The average Bonchev–Trinajstić information content (AvgIpc) is 2.98. The molecule has 0 bridgehead atoms. The molecule has 2 atom stereocenters. The van der Waals surface area contributed by atoms with E-state index in [1.54, 1.807) is 18.3 Å². The number of piperidine rings is 1. The Morgan fingerprint density at radius 3 is 2.82 bits per heavy atom. The van der Waals surface area contributed by atoms with Crippen molar-refractivity contribution in [3.05, 3.63) is 16.1 Å². The lowest BCUT2D eigenvalue weighted by atomic mass is 10.0. The summed E-state index contributed by atoms with van der Waals surface area (Å²) in [5.41, 5.74) is 1.07. The molecule has 0 N–H and O–H groups in total. The third-order valence-electron chi connectivity index (χ3n) is 4.10. The first-order valence-corrected chi connectivity index (χ1v) is 10.1. The van der Waals surface area contributed by atoms with E-state index in [2.05, 4.69) is 24.2 Å². The third-order valence-corrected chi connectivity index (χ3v) is 7.33. The highest BCUT2D eigenvalue weighted by Gasteiger charge is 2.35. The molecule has 1 aromatic rings. The van der Waals surface area contributed by atoms with E-state index in [9.17, 15) is 8.42 Å². The maximum atomic E-state index is 12.5. The second-order valence-electron chi connectivity index (χ2n) is 6.03. The SMILES string of the molecule is CC[C@H](C#N)S(=O)(=O)N1CCC[C@@H](c2nc(C(C)C)cs2)C1. The van der Waals surface area contributed by atoms with E-state index in [4.69, 9.17) is 5.26 Å². The van der Waals surface area contributed by atoms with Crippen molar-refractivity contribution in [2.75, 3.05) is 13.1 Å². The zero-order valence-corrected chi connectivity index (χ0v) is 15.0. The molecule has 22 heavy (non-hydrogen) atoms.